The van der Waals surface area contributed by atoms with Crippen molar-refractivity contribution in [2.75, 3.05) is 6.35 Å². The molecule has 2 heterocycles. The van der Waals surface area contributed by atoms with Gasteiger partial charge in [-0.2, -0.15) is 0 Å². The van der Waals surface area contributed by atoms with E-state index in [1.54, 1.807) is 0 Å². The van der Waals surface area contributed by atoms with Crippen LogP contribution in [0.4, 0.5) is 0 Å². The van der Waals surface area contributed by atoms with Crippen LogP contribution in [0.25, 0.3) is 0 Å². The Kier molecular flexibility index (Phi) is 4.20. The van der Waals surface area contributed by atoms with E-state index in [0.717, 1.165) is 16.8 Å². The topological polar surface area (TPSA) is 151 Å². The van der Waals surface area contributed by atoms with E-state index in [1.807, 2.05) is 4.98 Å². The third-order valence-corrected chi connectivity index (χ3v) is 3.41. The summed E-state index contributed by atoms with van der Waals surface area (Å²) >= 11 is 0. The first-order valence-electron chi connectivity index (χ1n) is 5.96. The van der Waals surface area contributed by atoms with E-state index in [9.17, 15) is 19.3 Å². The number of nitrogens with one attached hydrogen (secondary N) is 1. The molecule has 0 saturated carbocycles. The molecule has 0 aromatic carbocycles. The summed E-state index contributed by atoms with van der Waals surface area (Å²) in [6.45, 7) is 1.39. The third-order valence-electron chi connectivity index (χ3n) is 2.94. The number of aromatic nitrogens is 2. The molecular weight excluding hydrogens is 307 g/mol. The summed E-state index contributed by atoms with van der Waals surface area (Å²) in [7, 11) is -4.39. The van der Waals surface area contributed by atoms with E-state index in [0.29, 0.717) is 0 Å². The maximum absolute atomic E-state index is 11.7. The van der Waals surface area contributed by atoms with Crippen molar-refractivity contribution in [3.63, 3.8) is 0 Å². The monoisotopic (exact) mass is 322 g/mol. The summed E-state index contributed by atoms with van der Waals surface area (Å²) in [4.78, 5) is 42.2. The number of aliphatic hydroxyl groups excluding tert-OH is 1. The van der Waals surface area contributed by atoms with Gasteiger partial charge in [0.2, 0.25) is 0 Å². The van der Waals surface area contributed by atoms with E-state index in [-0.39, 0.29) is 6.42 Å². The Morgan fingerprint density at radius 2 is 2.24 bits per heavy atom. The second-order valence-corrected chi connectivity index (χ2v) is 6.46. The molecule has 1 aliphatic rings. The molecule has 0 amide bonds. The maximum Gasteiger partial charge on any atom is 0.351 e. The molecule has 0 aliphatic carbocycles. The second kappa shape index (κ2) is 5.48. The molecule has 1 aromatic rings. The van der Waals surface area contributed by atoms with Gasteiger partial charge in [-0.25, -0.2) is 4.79 Å². The molecule has 4 N–H and O–H groups in total. The van der Waals surface area contributed by atoms with Gasteiger partial charge in [-0.3, -0.25) is 18.9 Å². The van der Waals surface area contributed by atoms with E-state index in [2.05, 4.69) is 0 Å². The molecule has 11 heteroatoms. The van der Waals surface area contributed by atoms with Crippen molar-refractivity contribution < 1.29 is 28.9 Å². The lowest BCUT2D eigenvalue weighted by atomic mass is 10.1. The fourth-order valence-electron chi connectivity index (χ4n) is 2.05. The van der Waals surface area contributed by atoms with Gasteiger partial charge in [0.1, 0.15) is 6.10 Å². The molecule has 1 aromatic heterocycles. The predicted octanol–water partition coefficient (Wildman–Crippen LogP) is -1.32. The molecule has 21 heavy (non-hydrogen) atoms. The summed E-state index contributed by atoms with van der Waals surface area (Å²) < 4.78 is 22.2. The minimum Gasteiger partial charge on any atom is -0.388 e. The van der Waals surface area contributed by atoms with Gasteiger partial charge >= 0.3 is 13.3 Å². The summed E-state index contributed by atoms with van der Waals surface area (Å²) in [6, 6.07) is 1.09. The lowest BCUT2D eigenvalue weighted by molar-refractivity contribution is -0.221. The zero-order valence-corrected chi connectivity index (χ0v) is 11.9. The molecule has 1 fully saturated rings. The largest absolute Gasteiger partial charge is 0.388 e. The second-order valence-electron chi connectivity index (χ2n) is 4.87. The van der Waals surface area contributed by atoms with Gasteiger partial charge in [0.25, 0.3) is 5.56 Å². The smallest absolute Gasteiger partial charge is 0.351 e. The highest BCUT2D eigenvalue weighted by atomic mass is 31.2. The van der Waals surface area contributed by atoms with Crippen molar-refractivity contribution in [3.8, 4) is 0 Å². The normalized spacial score (nSPS) is 29.7. The van der Waals surface area contributed by atoms with Crippen LogP contribution >= 0.6 is 7.60 Å². The van der Waals surface area contributed by atoms with Gasteiger partial charge in [0.05, 0.1) is 0 Å². The van der Waals surface area contributed by atoms with Gasteiger partial charge in [0.15, 0.2) is 18.4 Å². The van der Waals surface area contributed by atoms with Crippen molar-refractivity contribution in [1.82, 2.24) is 9.55 Å². The highest BCUT2D eigenvalue weighted by Gasteiger charge is 2.45. The molecule has 1 aliphatic heterocycles. The molecule has 0 bridgehead atoms. The molecule has 3 atom stereocenters. The van der Waals surface area contributed by atoms with Gasteiger partial charge in [-0.05, 0) is 6.92 Å². The van der Waals surface area contributed by atoms with Gasteiger partial charge in [0, 0.05) is 18.7 Å². The molecule has 2 rings (SSSR count). The Balaban J connectivity index is 2.19. The number of hydrogen-bond acceptors (Lipinski definition) is 6. The number of nitrogens with zero attached hydrogens (tertiary/aromatic N) is 1. The van der Waals surface area contributed by atoms with Crippen LogP contribution in [0.15, 0.2) is 21.9 Å². The maximum atomic E-state index is 11.7. The minimum absolute atomic E-state index is 0.0940. The van der Waals surface area contributed by atoms with E-state index in [4.69, 9.17) is 19.3 Å². The molecule has 0 radical (unpaired) electrons. The molecular formula is C10H15N2O8P. The summed E-state index contributed by atoms with van der Waals surface area (Å²) in [5.74, 6) is -1.46. The Morgan fingerprint density at radius 3 is 2.81 bits per heavy atom. The fraction of sp³-hybridized carbons (Fsp3) is 0.600. The highest BCUT2D eigenvalue weighted by Crippen LogP contribution is 2.41. The number of ether oxygens (including phenoxy) is 2. The number of aromatic amines is 1. The predicted molar refractivity (Wildman–Crippen MR) is 68.5 cm³/mol. The van der Waals surface area contributed by atoms with Crippen LogP contribution in [-0.4, -0.2) is 42.7 Å². The Bertz CT molecular complexity index is 678. The Hall–Kier alpha value is -1.29. The van der Waals surface area contributed by atoms with Gasteiger partial charge in [-0.1, -0.05) is 0 Å². The van der Waals surface area contributed by atoms with Crippen molar-refractivity contribution in [2.45, 2.75) is 31.5 Å². The van der Waals surface area contributed by atoms with Crippen molar-refractivity contribution >= 4 is 7.60 Å². The van der Waals surface area contributed by atoms with Gasteiger partial charge < -0.3 is 24.4 Å². The summed E-state index contributed by atoms with van der Waals surface area (Å²) in [6.07, 6.45) is -2.08. The quantitative estimate of drug-likeness (QED) is 0.498. The average Bonchev–Trinajstić information content (AvgIpc) is 2.63. The lowest BCUT2D eigenvalue weighted by Crippen LogP contribution is -2.35. The first-order valence-corrected chi connectivity index (χ1v) is 7.75. The number of H-pyrrole nitrogens is 1. The zero-order valence-electron chi connectivity index (χ0n) is 11.0. The molecule has 0 spiro atoms. The summed E-state index contributed by atoms with van der Waals surface area (Å²) in [5.41, 5.74) is -1.37. The van der Waals surface area contributed by atoms with Gasteiger partial charge in [-0.15, -0.1) is 0 Å². The molecule has 10 nitrogen and oxygen atoms in total. The average molecular weight is 322 g/mol. The molecule has 0 unspecified atom stereocenters. The minimum atomic E-state index is -4.39. The third kappa shape index (κ3) is 3.88. The molecule has 1 saturated heterocycles. The zero-order chi connectivity index (χ0) is 15.8. The van der Waals surface area contributed by atoms with Crippen molar-refractivity contribution in [1.29, 1.82) is 0 Å². The number of aliphatic hydroxyl groups is 1. The van der Waals surface area contributed by atoms with Crippen LogP contribution in [0.5, 0.6) is 0 Å². The first-order chi connectivity index (χ1) is 9.60. The Labute approximate surface area is 118 Å². The van der Waals surface area contributed by atoms with Crippen molar-refractivity contribution in [2.24, 2.45) is 0 Å². The van der Waals surface area contributed by atoms with Crippen LogP contribution in [0, 0.1) is 0 Å². The van der Waals surface area contributed by atoms with E-state index in [1.165, 1.54) is 6.92 Å². The number of hydrogen-bond donors (Lipinski definition) is 4. The lowest BCUT2D eigenvalue weighted by Gasteiger charge is -2.25. The first kappa shape index (κ1) is 16.1. The van der Waals surface area contributed by atoms with Crippen LogP contribution in [0.1, 0.15) is 19.6 Å². The van der Waals surface area contributed by atoms with E-state index < -0.39 is 43.3 Å². The number of rotatable bonds is 4. The van der Waals surface area contributed by atoms with E-state index >= 15 is 0 Å². The standard InChI is InChI=1S/C10H15N2O8P/c1-10(19-5-21(16,17)18)4-6(13)8(20-10)12-3-2-7(14)11-9(12)15/h2-3,6,8,13H,4-5H2,1H3,(H,11,14,15)(H2,16,17,18)/t6-,8-,10+/m1/s1. The van der Waals surface area contributed by atoms with Crippen LogP contribution in [-0.2, 0) is 14.0 Å². The summed E-state index contributed by atoms with van der Waals surface area (Å²) in [5, 5.41) is 9.95. The molecule has 118 valence electrons. The van der Waals surface area contributed by atoms with Crippen LogP contribution < -0.4 is 11.2 Å². The Morgan fingerprint density at radius 1 is 1.57 bits per heavy atom. The van der Waals surface area contributed by atoms with Crippen LogP contribution in [0.2, 0.25) is 0 Å². The van der Waals surface area contributed by atoms with Crippen molar-refractivity contribution in [3.05, 3.63) is 33.1 Å². The fourth-order valence-corrected chi connectivity index (χ4v) is 2.49. The highest BCUT2D eigenvalue weighted by molar-refractivity contribution is 7.51. The van der Waals surface area contributed by atoms with Crippen LogP contribution in [0.3, 0.4) is 0 Å². The SMILES string of the molecule is C[C@@]1(OCP(=O)(O)O)C[C@@H](O)[C@H](n2ccc(=O)[nH]c2=O)O1.